The Bertz CT molecular complexity index is 1280. The van der Waals surface area contributed by atoms with Crippen LogP contribution in [-0.2, 0) is 16.2 Å². The summed E-state index contributed by atoms with van der Waals surface area (Å²) in [7, 11) is 0. The van der Waals surface area contributed by atoms with Crippen LogP contribution in [-0.4, -0.2) is 15.0 Å². The molecular weight excluding hydrogens is 462 g/mol. The van der Waals surface area contributed by atoms with Crippen LogP contribution in [0, 0.1) is 0 Å². The first kappa shape index (κ1) is 26.3. The van der Waals surface area contributed by atoms with Crippen LogP contribution < -0.4 is 0 Å². The van der Waals surface area contributed by atoms with Crippen LogP contribution in [0.1, 0.15) is 96.2 Å². The SMILES string of the molecule is CC(C)(C)c1ccc(-c2cccc(C3(c4cncc(-c5ccc(C(C)(C)C)cc5)n4)CCCCC3)n2)cc1. The predicted molar refractivity (Wildman–Crippen MR) is 158 cm³/mol. The third-order valence-corrected chi connectivity index (χ3v) is 8.16. The highest BCUT2D eigenvalue weighted by molar-refractivity contribution is 5.61. The molecule has 0 saturated heterocycles. The van der Waals surface area contributed by atoms with Gasteiger partial charge in [0.1, 0.15) is 0 Å². The van der Waals surface area contributed by atoms with Crippen LogP contribution in [0.5, 0.6) is 0 Å². The summed E-state index contributed by atoms with van der Waals surface area (Å²) in [5, 5.41) is 0. The van der Waals surface area contributed by atoms with Crippen LogP contribution in [0.15, 0.2) is 79.1 Å². The molecule has 1 fully saturated rings. The molecule has 3 nitrogen and oxygen atoms in total. The van der Waals surface area contributed by atoms with E-state index >= 15 is 0 Å². The summed E-state index contributed by atoms with van der Waals surface area (Å²) in [5.41, 5.74) is 9.09. The van der Waals surface area contributed by atoms with Gasteiger partial charge in [-0.15, -0.1) is 0 Å². The molecule has 196 valence electrons. The Balaban J connectivity index is 1.53. The van der Waals surface area contributed by atoms with Crippen LogP contribution >= 0.6 is 0 Å². The molecule has 3 heteroatoms. The van der Waals surface area contributed by atoms with E-state index in [1.165, 1.54) is 30.4 Å². The molecule has 0 N–H and O–H groups in total. The molecule has 1 aliphatic rings. The summed E-state index contributed by atoms with van der Waals surface area (Å²) >= 11 is 0. The second-order valence-corrected chi connectivity index (χ2v) is 13.0. The number of hydrogen-bond donors (Lipinski definition) is 0. The van der Waals surface area contributed by atoms with Gasteiger partial charge in [-0.25, -0.2) is 4.98 Å². The molecule has 0 unspecified atom stereocenters. The zero-order valence-electron chi connectivity index (χ0n) is 23.9. The van der Waals surface area contributed by atoms with E-state index in [1.54, 1.807) is 0 Å². The molecule has 2 aromatic carbocycles. The lowest BCUT2D eigenvalue weighted by molar-refractivity contribution is 0.331. The zero-order valence-corrected chi connectivity index (χ0v) is 23.9. The van der Waals surface area contributed by atoms with E-state index in [-0.39, 0.29) is 16.2 Å². The van der Waals surface area contributed by atoms with Gasteiger partial charge in [-0.1, -0.05) is 115 Å². The molecule has 2 heterocycles. The summed E-state index contributed by atoms with van der Waals surface area (Å²) in [5.74, 6) is 0. The first-order chi connectivity index (χ1) is 18.1. The van der Waals surface area contributed by atoms with Gasteiger partial charge in [0.15, 0.2) is 0 Å². The molecule has 38 heavy (non-hydrogen) atoms. The quantitative estimate of drug-likeness (QED) is 0.279. The maximum absolute atomic E-state index is 5.28. The van der Waals surface area contributed by atoms with Gasteiger partial charge in [-0.3, -0.25) is 9.97 Å². The van der Waals surface area contributed by atoms with Crippen LogP contribution in [0.4, 0.5) is 0 Å². The van der Waals surface area contributed by atoms with Gasteiger partial charge in [0, 0.05) is 17.3 Å². The molecule has 0 aliphatic heterocycles. The fourth-order valence-electron chi connectivity index (χ4n) is 5.68. The van der Waals surface area contributed by atoms with Crippen molar-refractivity contribution in [3.05, 3.63) is 102 Å². The Morgan fingerprint density at radius 1 is 0.553 bits per heavy atom. The van der Waals surface area contributed by atoms with Gasteiger partial charge in [0.05, 0.1) is 34.4 Å². The standard InChI is InChI=1S/C35H41N3/c1-33(2,3)27-17-13-25(14-18-27)29-11-10-12-31(37-29)35(21-8-7-9-22-35)32-24-36-23-30(38-32)26-15-19-28(20-16-26)34(4,5)6/h10-20,23-24H,7-9,21-22H2,1-6H3. The topological polar surface area (TPSA) is 38.7 Å². The van der Waals surface area contributed by atoms with E-state index in [2.05, 4.69) is 108 Å². The first-order valence-corrected chi connectivity index (χ1v) is 14.1. The van der Waals surface area contributed by atoms with E-state index < -0.39 is 0 Å². The van der Waals surface area contributed by atoms with Crippen molar-refractivity contribution < 1.29 is 0 Å². The van der Waals surface area contributed by atoms with Gasteiger partial charge in [-0.2, -0.15) is 0 Å². The Morgan fingerprint density at radius 2 is 1.08 bits per heavy atom. The minimum absolute atomic E-state index is 0.127. The van der Waals surface area contributed by atoms with Crippen molar-refractivity contribution in [2.45, 2.75) is 89.9 Å². The minimum Gasteiger partial charge on any atom is -0.261 e. The second-order valence-electron chi connectivity index (χ2n) is 13.0. The zero-order chi connectivity index (χ0) is 27.0. The van der Waals surface area contributed by atoms with Gasteiger partial charge >= 0.3 is 0 Å². The largest absolute Gasteiger partial charge is 0.261 e. The fourth-order valence-corrected chi connectivity index (χ4v) is 5.68. The lowest BCUT2D eigenvalue weighted by atomic mass is 9.69. The molecule has 0 spiro atoms. The third-order valence-electron chi connectivity index (χ3n) is 8.16. The van der Waals surface area contributed by atoms with Crippen molar-refractivity contribution in [2.24, 2.45) is 0 Å². The van der Waals surface area contributed by atoms with E-state index in [9.17, 15) is 0 Å². The Morgan fingerprint density at radius 3 is 1.63 bits per heavy atom. The maximum atomic E-state index is 5.28. The minimum atomic E-state index is -0.214. The average Bonchev–Trinajstić information content (AvgIpc) is 2.93. The molecule has 0 amide bonds. The molecule has 1 aliphatic carbocycles. The number of rotatable bonds is 4. The number of pyridine rings is 1. The summed E-state index contributed by atoms with van der Waals surface area (Å²) < 4.78 is 0. The number of hydrogen-bond acceptors (Lipinski definition) is 3. The molecule has 0 bridgehead atoms. The molecule has 2 aromatic heterocycles. The van der Waals surface area contributed by atoms with Crippen molar-refractivity contribution in [1.82, 2.24) is 15.0 Å². The van der Waals surface area contributed by atoms with Crippen molar-refractivity contribution in [2.75, 3.05) is 0 Å². The average molecular weight is 504 g/mol. The predicted octanol–water partition coefficient (Wildman–Crippen LogP) is 9.05. The van der Waals surface area contributed by atoms with Crippen molar-refractivity contribution >= 4 is 0 Å². The van der Waals surface area contributed by atoms with Crippen LogP contribution in [0.25, 0.3) is 22.5 Å². The van der Waals surface area contributed by atoms with E-state index in [1.807, 2.05) is 12.4 Å². The second kappa shape index (κ2) is 10.1. The highest BCUT2D eigenvalue weighted by atomic mass is 14.8. The molecule has 0 atom stereocenters. The van der Waals surface area contributed by atoms with Crippen LogP contribution in [0.2, 0.25) is 0 Å². The number of benzene rings is 2. The number of aromatic nitrogens is 3. The van der Waals surface area contributed by atoms with Gasteiger partial charge < -0.3 is 0 Å². The van der Waals surface area contributed by atoms with Gasteiger partial charge in [0.25, 0.3) is 0 Å². The molecule has 0 radical (unpaired) electrons. The third kappa shape index (κ3) is 5.29. The summed E-state index contributed by atoms with van der Waals surface area (Å²) in [6.45, 7) is 13.5. The fraction of sp³-hybridized carbons (Fsp3) is 0.400. The molecular formula is C35H41N3. The monoisotopic (exact) mass is 503 g/mol. The summed E-state index contributed by atoms with van der Waals surface area (Å²) in [6, 6.07) is 24.2. The van der Waals surface area contributed by atoms with Crippen molar-refractivity contribution in [3.8, 4) is 22.5 Å². The smallest absolute Gasteiger partial charge is 0.0888 e. The van der Waals surface area contributed by atoms with E-state index in [0.717, 1.165) is 46.7 Å². The van der Waals surface area contributed by atoms with Crippen molar-refractivity contribution in [3.63, 3.8) is 0 Å². The summed E-state index contributed by atoms with van der Waals surface area (Å²) in [4.78, 5) is 15.2. The highest BCUT2D eigenvalue weighted by Crippen LogP contribution is 2.44. The Labute approximate surface area is 228 Å². The van der Waals surface area contributed by atoms with Crippen molar-refractivity contribution in [1.29, 1.82) is 0 Å². The van der Waals surface area contributed by atoms with E-state index in [4.69, 9.17) is 15.0 Å². The lowest BCUT2D eigenvalue weighted by Crippen LogP contribution is -2.33. The highest BCUT2D eigenvalue weighted by Gasteiger charge is 2.39. The summed E-state index contributed by atoms with van der Waals surface area (Å²) in [6.07, 6.45) is 9.59. The first-order valence-electron chi connectivity index (χ1n) is 14.1. The van der Waals surface area contributed by atoms with Gasteiger partial charge in [-0.05, 0) is 46.9 Å². The number of nitrogens with zero attached hydrogens (tertiary/aromatic N) is 3. The maximum Gasteiger partial charge on any atom is 0.0888 e. The Kier molecular flexibility index (Phi) is 6.98. The van der Waals surface area contributed by atoms with Gasteiger partial charge in [0.2, 0.25) is 0 Å². The molecule has 4 aromatic rings. The Hall–Kier alpha value is -3.33. The van der Waals surface area contributed by atoms with Crippen LogP contribution in [0.3, 0.4) is 0 Å². The molecule has 5 rings (SSSR count). The molecule has 1 saturated carbocycles. The normalized spacial score (nSPS) is 15.8. The lowest BCUT2D eigenvalue weighted by Gasteiger charge is -2.36. The van der Waals surface area contributed by atoms with E-state index in [0.29, 0.717) is 0 Å².